The maximum Gasteiger partial charge on any atom is 0.414 e. The predicted molar refractivity (Wildman–Crippen MR) is 92.5 cm³/mol. The number of piperazine rings is 1. The number of hydrogen-bond acceptors (Lipinski definition) is 7. The summed E-state index contributed by atoms with van der Waals surface area (Å²) in [4.78, 5) is 33.3. The molecule has 1 fully saturated rings. The average molecular weight is 369 g/mol. The molecule has 0 bridgehead atoms. The zero-order chi connectivity index (χ0) is 19.7. The zero-order valence-corrected chi connectivity index (χ0v) is 14.8. The van der Waals surface area contributed by atoms with Gasteiger partial charge in [0.15, 0.2) is 0 Å². The van der Waals surface area contributed by atoms with Crippen molar-refractivity contribution in [3.8, 4) is 5.75 Å². The number of nitro groups is 1. The number of likely N-dealkylation sites (N-methyl/N-ethyl adjacent to an activating group) is 1. The molecule has 0 unspecified atom stereocenters. The second-order valence-corrected chi connectivity index (χ2v) is 5.81. The van der Waals surface area contributed by atoms with E-state index in [1.807, 2.05) is 0 Å². The quantitative estimate of drug-likeness (QED) is 0.436. The van der Waals surface area contributed by atoms with Crippen LogP contribution >= 0.6 is 0 Å². The van der Waals surface area contributed by atoms with E-state index in [9.17, 15) is 10.1 Å². The molecule has 0 spiro atoms. The molecule has 1 aliphatic heterocycles. The minimum atomic E-state index is -1.82. The van der Waals surface area contributed by atoms with Gasteiger partial charge in [-0.05, 0) is 26.1 Å². The Kier molecular flexibility index (Phi) is 8.46. The number of benzene rings is 1. The number of hydrogen-bond donors (Lipinski definition) is 2. The van der Waals surface area contributed by atoms with Gasteiger partial charge >= 0.3 is 11.9 Å². The Labute approximate surface area is 150 Å². The SMILES string of the molecule is Cc1cc(OCCN2CCN(C)CC2)ccc1[N+](=O)[O-].O=C(O)C(=O)O. The lowest BCUT2D eigenvalue weighted by Gasteiger charge is -2.32. The summed E-state index contributed by atoms with van der Waals surface area (Å²) in [5, 5.41) is 25.5. The van der Waals surface area contributed by atoms with Crippen LogP contribution in [0.4, 0.5) is 5.69 Å². The van der Waals surface area contributed by atoms with Gasteiger partial charge in [0.05, 0.1) is 4.92 Å². The number of carboxylic acid groups (broad SMARTS) is 2. The lowest BCUT2D eigenvalue weighted by Crippen LogP contribution is -2.45. The number of nitro benzene ring substituents is 1. The summed E-state index contributed by atoms with van der Waals surface area (Å²) in [6, 6.07) is 4.89. The summed E-state index contributed by atoms with van der Waals surface area (Å²) in [5.41, 5.74) is 0.767. The van der Waals surface area contributed by atoms with Crippen molar-refractivity contribution in [2.75, 3.05) is 46.4 Å². The summed E-state index contributed by atoms with van der Waals surface area (Å²) in [6.45, 7) is 7.56. The lowest BCUT2D eigenvalue weighted by molar-refractivity contribution is -0.385. The van der Waals surface area contributed by atoms with E-state index in [2.05, 4.69) is 16.8 Å². The molecule has 1 aromatic carbocycles. The number of ether oxygens (including phenoxy) is 1. The van der Waals surface area contributed by atoms with Gasteiger partial charge in [-0.2, -0.15) is 0 Å². The predicted octanol–water partition coefficient (Wildman–Crippen LogP) is 0.685. The number of carbonyl (C=O) groups is 2. The maximum absolute atomic E-state index is 10.7. The van der Waals surface area contributed by atoms with Crippen molar-refractivity contribution in [3.05, 3.63) is 33.9 Å². The third kappa shape index (κ3) is 7.45. The van der Waals surface area contributed by atoms with Gasteiger partial charge in [0, 0.05) is 44.4 Å². The van der Waals surface area contributed by atoms with E-state index in [1.165, 1.54) is 6.07 Å². The Bertz CT molecular complexity index is 631. The molecule has 1 aromatic rings. The second kappa shape index (κ2) is 10.3. The molecule has 10 nitrogen and oxygen atoms in total. The number of rotatable bonds is 5. The van der Waals surface area contributed by atoms with Crippen molar-refractivity contribution >= 4 is 17.6 Å². The van der Waals surface area contributed by atoms with Crippen molar-refractivity contribution in [1.29, 1.82) is 0 Å². The van der Waals surface area contributed by atoms with Crippen LogP contribution in [0, 0.1) is 17.0 Å². The molecule has 0 radical (unpaired) electrons. The molecule has 144 valence electrons. The minimum Gasteiger partial charge on any atom is -0.492 e. The van der Waals surface area contributed by atoms with Crippen molar-refractivity contribution in [1.82, 2.24) is 9.80 Å². The first kappa shape index (κ1) is 21.3. The van der Waals surface area contributed by atoms with Crippen LogP contribution in [-0.4, -0.2) is 83.3 Å². The van der Waals surface area contributed by atoms with Crippen LogP contribution in [-0.2, 0) is 9.59 Å². The number of aliphatic carboxylic acids is 2. The van der Waals surface area contributed by atoms with Crippen molar-refractivity contribution in [2.45, 2.75) is 6.92 Å². The zero-order valence-electron chi connectivity index (χ0n) is 14.8. The van der Waals surface area contributed by atoms with Gasteiger partial charge in [-0.1, -0.05) is 0 Å². The van der Waals surface area contributed by atoms with Crippen LogP contribution in [0.1, 0.15) is 5.56 Å². The van der Waals surface area contributed by atoms with Crippen LogP contribution in [0.5, 0.6) is 5.75 Å². The highest BCUT2D eigenvalue weighted by molar-refractivity contribution is 6.27. The molecule has 26 heavy (non-hydrogen) atoms. The molecule has 0 saturated carbocycles. The Morgan fingerprint density at radius 1 is 1.19 bits per heavy atom. The van der Waals surface area contributed by atoms with Crippen LogP contribution < -0.4 is 4.74 Å². The fourth-order valence-electron chi connectivity index (χ4n) is 2.29. The fraction of sp³-hybridized carbons (Fsp3) is 0.500. The molecule has 1 aliphatic rings. The highest BCUT2D eigenvalue weighted by atomic mass is 16.6. The van der Waals surface area contributed by atoms with Gasteiger partial charge in [0.2, 0.25) is 0 Å². The topological polar surface area (TPSA) is 133 Å². The molecule has 10 heteroatoms. The third-order valence-electron chi connectivity index (χ3n) is 3.82. The van der Waals surface area contributed by atoms with Gasteiger partial charge in [-0.3, -0.25) is 15.0 Å². The van der Waals surface area contributed by atoms with Gasteiger partial charge < -0.3 is 19.8 Å². The van der Waals surface area contributed by atoms with E-state index in [1.54, 1.807) is 19.1 Å². The van der Waals surface area contributed by atoms with Crippen LogP contribution in [0.15, 0.2) is 18.2 Å². The van der Waals surface area contributed by atoms with Crippen LogP contribution in [0.2, 0.25) is 0 Å². The summed E-state index contributed by atoms with van der Waals surface area (Å²) in [6.07, 6.45) is 0. The fourth-order valence-corrected chi connectivity index (χ4v) is 2.29. The molecule has 2 N–H and O–H groups in total. The highest BCUT2D eigenvalue weighted by Crippen LogP contribution is 2.22. The normalized spacial score (nSPS) is 14.8. The van der Waals surface area contributed by atoms with Crippen molar-refractivity contribution in [2.24, 2.45) is 0 Å². The molecule has 0 amide bonds. The Morgan fingerprint density at radius 3 is 2.23 bits per heavy atom. The van der Waals surface area contributed by atoms with Gasteiger partial charge in [0.1, 0.15) is 12.4 Å². The Morgan fingerprint density at radius 2 is 1.77 bits per heavy atom. The number of aryl methyl sites for hydroxylation is 1. The highest BCUT2D eigenvalue weighted by Gasteiger charge is 2.14. The van der Waals surface area contributed by atoms with Gasteiger partial charge in [-0.25, -0.2) is 9.59 Å². The monoisotopic (exact) mass is 369 g/mol. The standard InChI is InChI=1S/C14H21N3O3.C2H2O4/c1-12-11-13(3-4-14(12)17(18)19)20-10-9-16-7-5-15(2)6-8-16;3-1(4)2(5)6/h3-4,11H,5-10H2,1-2H3;(H,3,4)(H,5,6). The first-order valence-electron chi connectivity index (χ1n) is 7.95. The molecule has 1 heterocycles. The minimum absolute atomic E-state index is 0.136. The van der Waals surface area contributed by atoms with Gasteiger partial charge in [-0.15, -0.1) is 0 Å². The lowest BCUT2D eigenvalue weighted by atomic mass is 10.2. The van der Waals surface area contributed by atoms with E-state index in [0.29, 0.717) is 17.9 Å². The van der Waals surface area contributed by atoms with Crippen molar-refractivity contribution < 1.29 is 29.5 Å². The molecular weight excluding hydrogens is 346 g/mol. The largest absolute Gasteiger partial charge is 0.492 e. The van der Waals surface area contributed by atoms with E-state index in [4.69, 9.17) is 24.5 Å². The molecule has 1 saturated heterocycles. The van der Waals surface area contributed by atoms with E-state index in [-0.39, 0.29) is 10.6 Å². The smallest absolute Gasteiger partial charge is 0.414 e. The molecular formula is C16H23N3O7. The summed E-state index contributed by atoms with van der Waals surface area (Å²) in [5.74, 6) is -2.95. The first-order chi connectivity index (χ1) is 12.2. The number of carboxylic acids is 2. The summed E-state index contributed by atoms with van der Waals surface area (Å²) < 4.78 is 5.67. The molecule has 0 aromatic heterocycles. The number of nitrogens with zero attached hydrogens (tertiary/aromatic N) is 3. The Balaban J connectivity index is 0.000000487. The summed E-state index contributed by atoms with van der Waals surface area (Å²) in [7, 11) is 2.13. The molecule has 2 rings (SSSR count). The van der Waals surface area contributed by atoms with E-state index in [0.717, 1.165) is 32.7 Å². The second-order valence-electron chi connectivity index (χ2n) is 5.81. The van der Waals surface area contributed by atoms with Gasteiger partial charge in [0.25, 0.3) is 5.69 Å². The molecule has 0 aliphatic carbocycles. The van der Waals surface area contributed by atoms with E-state index >= 15 is 0 Å². The van der Waals surface area contributed by atoms with Crippen LogP contribution in [0.3, 0.4) is 0 Å². The van der Waals surface area contributed by atoms with Crippen LogP contribution in [0.25, 0.3) is 0 Å². The first-order valence-corrected chi connectivity index (χ1v) is 7.95. The molecule has 0 atom stereocenters. The average Bonchev–Trinajstić information content (AvgIpc) is 2.57. The summed E-state index contributed by atoms with van der Waals surface area (Å²) >= 11 is 0. The Hall–Kier alpha value is -2.72. The third-order valence-corrected chi connectivity index (χ3v) is 3.82. The van der Waals surface area contributed by atoms with E-state index < -0.39 is 11.9 Å². The maximum atomic E-state index is 10.7. The van der Waals surface area contributed by atoms with Crippen molar-refractivity contribution in [3.63, 3.8) is 0 Å².